The molecule has 0 spiro atoms. The van der Waals surface area contributed by atoms with Gasteiger partial charge in [0.25, 0.3) is 11.1 Å². The quantitative estimate of drug-likeness (QED) is 0.391. The van der Waals surface area contributed by atoms with Crippen LogP contribution in [0.4, 0.5) is 4.79 Å². The lowest BCUT2D eigenvalue weighted by atomic mass is 10.2. The Balaban J connectivity index is 2.19. The predicted octanol–water partition coefficient (Wildman–Crippen LogP) is 2.86. The van der Waals surface area contributed by atoms with Crippen LogP contribution in [0.5, 0.6) is 11.5 Å². The second-order valence-corrected chi connectivity index (χ2v) is 6.08. The molecule has 1 saturated heterocycles. The van der Waals surface area contributed by atoms with Gasteiger partial charge in [0.2, 0.25) is 0 Å². The lowest BCUT2D eigenvalue weighted by Crippen LogP contribution is -2.34. The molecule has 1 aliphatic heterocycles. The van der Waals surface area contributed by atoms with Gasteiger partial charge in [-0.15, -0.1) is 0 Å². The van der Waals surface area contributed by atoms with Crippen molar-refractivity contribution >= 4 is 35.0 Å². The summed E-state index contributed by atoms with van der Waals surface area (Å²) in [4.78, 5) is 37.0. The maximum Gasteiger partial charge on any atom is 0.326 e. The number of imide groups is 1. The average molecular weight is 377 g/mol. The number of rotatable bonds is 8. The van der Waals surface area contributed by atoms with E-state index in [1.807, 2.05) is 0 Å². The maximum absolute atomic E-state index is 12.4. The van der Waals surface area contributed by atoms with Crippen molar-refractivity contribution in [3.05, 3.63) is 41.3 Å². The number of amides is 2. The molecule has 0 bridgehead atoms. The number of esters is 1. The summed E-state index contributed by atoms with van der Waals surface area (Å²) in [5.41, 5.74) is 0.662. The number of hydrogen-bond donors (Lipinski definition) is 0. The summed E-state index contributed by atoms with van der Waals surface area (Å²) in [7, 11) is 1.51. The number of nitrogens with zero attached hydrogens (tertiary/aromatic N) is 1. The SMILES string of the molecule is C=CCOc1ccc(/C=C2\SC(=O)N(CC(=O)OCC)C2=O)cc1OC. The molecule has 138 valence electrons. The van der Waals surface area contributed by atoms with Gasteiger partial charge >= 0.3 is 5.97 Å². The summed E-state index contributed by atoms with van der Waals surface area (Å²) in [5, 5.41) is -0.507. The third kappa shape index (κ3) is 4.66. The largest absolute Gasteiger partial charge is 0.493 e. The van der Waals surface area contributed by atoms with Crippen LogP contribution in [0.1, 0.15) is 12.5 Å². The number of carbonyl (C=O) groups excluding carboxylic acids is 3. The van der Waals surface area contributed by atoms with Gasteiger partial charge in [-0.25, -0.2) is 0 Å². The molecule has 0 atom stereocenters. The van der Waals surface area contributed by atoms with Crippen LogP contribution < -0.4 is 9.47 Å². The number of benzene rings is 1. The minimum absolute atomic E-state index is 0.185. The molecule has 0 radical (unpaired) electrons. The standard InChI is InChI=1S/C18H19NO6S/c1-4-8-25-13-7-6-12(9-14(13)23-3)10-15-17(21)19(18(22)26-15)11-16(20)24-5-2/h4,6-7,9-10H,1,5,8,11H2,2-3H3/b15-10-. The Morgan fingerprint density at radius 3 is 2.73 bits per heavy atom. The van der Waals surface area contributed by atoms with Crippen molar-refractivity contribution in [2.24, 2.45) is 0 Å². The second kappa shape index (κ2) is 9.10. The van der Waals surface area contributed by atoms with Gasteiger partial charge < -0.3 is 14.2 Å². The summed E-state index contributed by atoms with van der Waals surface area (Å²) in [6.45, 7) is 5.37. The van der Waals surface area contributed by atoms with Gasteiger partial charge in [-0.05, 0) is 42.5 Å². The minimum atomic E-state index is -0.624. The Hall–Kier alpha value is -2.74. The highest BCUT2D eigenvalue weighted by Gasteiger charge is 2.36. The van der Waals surface area contributed by atoms with Gasteiger partial charge in [-0.2, -0.15) is 0 Å². The fraction of sp³-hybridized carbons (Fsp3) is 0.278. The summed E-state index contributed by atoms with van der Waals surface area (Å²) < 4.78 is 15.5. The third-order valence-electron chi connectivity index (χ3n) is 3.31. The third-order valence-corrected chi connectivity index (χ3v) is 4.22. The van der Waals surface area contributed by atoms with Gasteiger partial charge in [-0.3, -0.25) is 19.3 Å². The molecule has 2 rings (SSSR count). The number of hydrogen-bond acceptors (Lipinski definition) is 7. The van der Waals surface area contributed by atoms with Crippen molar-refractivity contribution < 1.29 is 28.6 Å². The van der Waals surface area contributed by atoms with Gasteiger partial charge in [-0.1, -0.05) is 18.7 Å². The van der Waals surface area contributed by atoms with Crippen LogP contribution in [-0.2, 0) is 14.3 Å². The van der Waals surface area contributed by atoms with Crippen LogP contribution in [0, 0.1) is 0 Å². The van der Waals surface area contributed by atoms with Crippen molar-refractivity contribution in [1.29, 1.82) is 0 Å². The Kier molecular flexibility index (Phi) is 6.85. The van der Waals surface area contributed by atoms with Crippen molar-refractivity contribution in [1.82, 2.24) is 4.90 Å². The van der Waals surface area contributed by atoms with Crippen LogP contribution in [-0.4, -0.2) is 48.9 Å². The average Bonchev–Trinajstić information content (AvgIpc) is 2.88. The van der Waals surface area contributed by atoms with Gasteiger partial charge in [0.05, 0.1) is 18.6 Å². The molecular weight excluding hydrogens is 358 g/mol. The lowest BCUT2D eigenvalue weighted by molar-refractivity contribution is -0.145. The second-order valence-electron chi connectivity index (χ2n) is 5.08. The van der Waals surface area contributed by atoms with Gasteiger partial charge in [0.1, 0.15) is 13.2 Å². The highest BCUT2D eigenvalue weighted by molar-refractivity contribution is 8.18. The molecule has 8 heteroatoms. The first-order valence-electron chi connectivity index (χ1n) is 7.82. The molecule has 1 aliphatic rings. The number of carbonyl (C=O) groups is 3. The molecule has 2 amide bonds. The molecule has 1 fully saturated rings. The Morgan fingerprint density at radius 1 is 1.31 bits per heavy atom. The molecule has 0 aliphatic carbocycles. The molecule has 26 heavy (non-hydrogen) atoms. The van der Waals surface area contributed by atoms with Crippen LogP contribution in [0.25, 0.3) is 6.08 Å². The molecule has 1 heterocycles. The van der Waals surface area contributed by atoms with Crippen molar-refractivity contribution in [2.45, 2.75) is 6.92 Å². The minimum Gasteiger partial charge on any atom is -0.493 e. The lowest BCUT2D eigenvalue weighted by Gasteiger charge is -2.11. The first-order chi connectivity index (χ1) is 12.5. The van der Waals surface area contributed by atoms with Crippen LogP contribution in [0.3, 0.4) is 0 Å². The topological polar surface area (TPSA) is 82.1 Å². The Labute approximate surface area is 155 Å². The molecule has 0 N–H and O–H groups in total. The fourth-order valence-electron chi connectivity index (χ4n) is 2.17. The molecule has 0 unspecified atom stereocenters. The van der Waals surface area contributed by atoms with E-state index in [1.165, 1.54) is 7.11 Å². The van der Waals surface area contributed by atoms with Crippen LogP contribution in [0.2, 0.25) is 0 Å². The number of methoxy groups -OCH3 is 1. The molecule has 0 aromatic heterocycles. The fourth-order valence-corrected chi connectivity index (χ4v) is 3.00. The predicted molar refractivity (Wildman–Crippen MR) is 98.0 cm³/mol. The van der Waals surface area contributed by atoms with Gasteiger partial charge in [0.15, 0.2) is 11.5 Å². The van der Waals surface area contributed by atoms with E-state index in [0.717, 1.165) is 16.7 Å². The molecule has 1 aromatic rings. The van der Waals surface area contributed by atoms with E-state index in [1.54, 1.807) is 37.3 Å². The van der Waals surface area contributed by atoms with E-state index in [2.05, 4.69) is 6.58 Å². The van der Waals surface area contributed by atoms with E-state index >= 15 is 0 Å². The number of ether oxygens (including phenoxy) is 3. The first kappa shape index (κ1) is 19.6. The van der Waals surface area contributed by atoms with E-state index < -0.39 is 23.7 Å². The van der Waals surface area contributed by atoms with Crippen molar-refractivity contribution in [2.75, 3.05) is 26.9 Å². The van der Waals surface area contributed by atoms with E-state index in [9.17, 15) is 14.4 Å². The zero-order valence-electron chi connectivity index (χ0n) is 14.5. The Morgan fingerprint density at radius 2 is 2.08 bits per heavy atom. The van der Waals surface area contributed by atoms with Crippen LogP contribution >= 0.6 is 11.8 Å². The molecule has 0 saturated carbocycles. The monoisotopic (exact) mass is 377 g/mol. The molecular formula is C18H19NO6S. The van der Waals surface area contributed by atoms with Crippen molar-refractivity contribution in [3.63, 3.8) is 0 Å². The normalized spacial score (nSPS) is 15.3. The van der Waals surface area contributed by atoms with E-state index in [-0.39, 0.29) is 11.5 Å². The van der Waals surface area contributed by atoms with Gasteiger partial charge in [0, 0.05) is 0 Å². The zero-order valence-corrected chi connectivity index (χ0v) is 15.3. The highest BCUT2D eigenvalue weighted by atomic mass is 32.2. The Bertz CT molecular complexity index is 758. The maximum atomic E-state index is 12.4. The van der Waals surface area contributed by atoms with E-state index in [4.69, 9.17) is 14.2 Å². The first-order valence-corrected chi connectivity index (χ1v) is 8.64. The van der Waals surface area contributed by atoms with E-state index in [0.29, 0.717) is 23.7 Å². The zero-order chi connectivity index (χ0) is 19.1. The molecule has 1 aromatic carbocycles. The highest BCUT2D eigenvalue weighted by Crippen LogP contribution is 2.34. The van der Waals surface area contributed by atoms with Crippen molar-refractivity contribution in [3.8, 4) is 11.5 Å². The summed E-state index contributed by atoms with van der Waals surface area (Å²) in [6.07, 6.45) is 3.18. The van der Waals surface area contributed by atoms with Crippen LogP contribution in [0.15, 0.2) is 35.8 Å². The molecule has 7 nitrogen and oxygen atoms in total. The summed E-state index contributed by atoms with van der Waals surface area (Å²) >= 11 is 0.774. The number of thioether (sulfide) groups is 1. The summed E-state index contributed by atoms with van der Waals surface area (Å²) in [6, 6.07) is 5.13. The smallest absolute Gasteiger partial charge is 0.326 e. The summed E-state index contributed by atoms with van der Waals surface area (Å²) in [5.74, 6) is -0.119.